The summed E-state index contributed by atoms with van der Waals surface area (Å²) in [5, 5.41) is 9.16. The first-order valence-electron chi connectivity index (χ1n) is 7.51. The molecule has 0 bridgehead atoms. The second kappa shape index (κ2) is 9.75. The topological polar surface area (TPSA) is 58.7 Å². The lowest BCUT2D eigenvalue weighted by Gasteiger charge is -2.29. The maximum absolute atomic E-state index is 9.16. The van der Waals surface area contributed by atoms with Gasteiger partial charge in [-0.25, -0.2) is 0 Å². The third kappa shape index (κ3) is 5.49. The zero-order valence-corrected chi connectivity index (χ0v) is 12.7. The molecular formula is C16H28N2O2. The molecule has 0 radical (unpaired) electrons. The molecule has 1 aromatic carbocycles. The number of ether oxygens (including phenoxy) is 1. The van der Waals surface area contributed by atoms with Gasteiger partial charge in [-0.2, -0.15) is 0 Å². The fourth-order valence-electron chi connectivity index (χ4n) is 2.41. The van der Waals surface area contributed by atoms with Crippen molar-refractivity contribution in [2.45, 2.75) is 39.3 Å². The van der Waals surface area contributed by atoms with Gasteiger partial charge >= 0.3 is 0 Å². The van der Waals surface area contributed by atoms with E-state index in [-0.39, 0.29) is 6.61 Å². The van der Waals surface area contributed by atoms with Crippen LogP contribution in [-0.2, 0) is 6.54 Å². The molecule has 0 spiro atoms. The second-order valence-electron chi connectivity index (χ2n) is 4.93. The van der Waals surface area contributed by atoms with Crippen molar-refractivity contribution in [3.8, 4) is 5.75 Å². The van der Waals surface area contributed by atoms with Crippen LogP contribution in [0, 0.1) is 0 Å². The minimum atomic E-state index is 0.196. The average molecular weight is 280 g/mol. The van der Waals surface area contributed by atoms with Crippen LogP contribution in [0.3, 0.4) is 0 Å². The van der Waals surface area contributed by atoms with Gasteiger partial charge in [-0.15, -0.1) is 0 Å². The lowest BCUT2D eigenvalue weighted by molar-refractivity contribution is 0.122. The van der Waals surface area contributed by atoms with Crippen LogP contribution in [0.1, 0.15) is 32.3 Å². The van der Waals surface area contributed by atoms with Gasteiger partial charge in [0.1, 0.15) is 12.4 Å². The quantitative estimate of drug-likeness (QED) is 0.688. The highest BCUT2D eigenvalue weighted by Gasteiger charge is 2.14. The van der Waals surface area contributed by atoms with Crippen LogP contribution < -0.4 is 10.5 Å². The Hall–Kier alpha value is -1.10. The number of rotatable bonds is 10. The molecule has 0 saturated carbocycles. The number of aliphatic hydroxyl groups is 1. The standard InChI is InChI=1S/C16H28N2O2/c1-3-15(4-2)18(9-11-19)10-12-20-16-7-5-14(13-17)6-8-16/h5-8,15,19H,3-4,9-13,17H2,1-2H3. The van der Waals surface area contributed by atoms with Crippen LogP contribution in [0.4, 0.5) is 0 Å². The normalized spacial score (nSPS) is 11.3. The summed E-state index contributed by atoms with van der Waals surface area (Å²) in [7, 11) is 0. The number of nitrogens with two attached hydrogens (primary N) is 1. The molecule has 0 heterocycles. The van der Waals surface area contributed by atoms with Gasteiger partial charge in [0, 0.05) is 25.7 Å². The molecule has 1 aromatic rings. The van der Waals surface area contributed by atoms with E-state index in [2.05, 4.69) is 18.7 Å². The van der Waals surface area contributed by atoms with Crippen molar-refractivity contribution in [2.24, 2.45) is 5.73 Å². The Balaban J connectivity index is 2.42. The van der Waals surface area contributed by atoms with Crippen LogP contribution in [0.25, 0.3) is 0 Å². The van der Waals surface area contributed by atoms with Crippen LogP contribution in [0.5, 0.6) is 5.75 Å². The predicted molar refractivity (Wildman–Crippen MR) is 82.9 cm³/mol. The summed E-state index contributed by atoms with van der Waals surface area (Å²) in [6, 6.07) is 8.40. The molecule has 1 rings (SSSR count). The van der Waals surface area contributed by atoms with E-state index in [0.717, 1.165) is 30.7 Å². The van der Waals surface area contributed by atoms with Crippen LogP contribution >= 0.6 is 0 Å². The molecular weight excluding hydrogens is 252 g/mol. The smallest absolute Gasteiger partial charge is 0.119 e. The van der Waals surface area contributed by atoms with Gasteiger partial charge < -0.3 is 15.6 Å². The van der Waals surface area contributed by atoms with Crippen LogP contribution in [0.2, 0.25) is 0 Å². The van der Waals surface area contributed by atoms with E-state index in [9.17, 15) is 0 Å². The molecule has 0 aliphatic rings. The van der Waals surface area contributed by atoms with E-state index < -0.39 is 0 Å². The number of hydrogen-bond acceptors (Lipinski definition) is 4. The van der Waals surface area contributed by atoms with Crippen molar-refractivity contribution in [3.05, 3.63) is 29.8 Å². The molecule has 0 aliphatic carbocycles. The van der Waals surface area contributed by atoms with E-state index in [4.69, 9.17) is 15.6 Å². The molecule has 0 atom stereocenters. The summed E-state index contributed by atoms with van der Waals surface area (Å²) in [4.78, 5) is 2.30. The fraction of sp³-hybridized carbons (Fsp3) is 0.625. The fourth-order valence-corrected chi connectivity index (χ4v) is 2.41. The monoisotopic (exact) mass is 280 g/mol. The Labute approximate surface area is 122 Å². The summed E-state index contributed by atoms with van der Waals surface area (Å²) in [5.41, 5.74) is 6.67. The Bertz CT molecular complexity index is 350. The Morgan fingerprint density at radius 1 is 1.15 bits per heavy atom. The summed E-state index contributed by atoms with van der Waals surface area (Å²) in [5.74, 6) is 0.871. The minimum Gasteiger partial charge on any atom is -0.492 e. The first kappa shape index (κ1) is 17.0. The highest BCUT2D eigenvalue weighted by Crippen LogP contribution is 2.13. The molecule has 3 N–H and O–H groups in total. The number of hydrogen-bond donors (Lipinski definition) is 2. The molecule has 0 aromatic heterocycles. The molecule has 0 saturated heterocycles. The van der Waals surface area contributed by atoms with Crippen molar-refractivity contribution >= 4 is 0 Å². The molecule has 0 aliphatic heterocycles. The number of nitrogens with zero attached hydrogens (tertiary/aromatic N) is 1. The van der Waals surface area contributed by atoms with E-state index in [1.165, 1.54) is 0 Å². The highest BCUT2D eigenvalue weighted by molar-refractivity contribution is 5.27. The van der Waals surface area contributed by atoms with Gasteiger partial charge in [-0.3, -0.25) is 4.90 Å². The van der Waals surface area contributed by atoms with Gasteiger partial charge in [0.2, 0.25) is 0 Å². The lowest BCUT2D eigenvalue weighted by Crippen LogP contribution is -2.39. The maximum Gasteiger partial charge on any atom is 0.119 e. The van der Waals surface area contributed by atoms with E-state index >= 15 is 0 Å². The maximum atomic E-state index is 9.16. The molecule has 0 unspecified atom stereocenters. The molecule has 0 amide bonds. The lowest BCUT2D eigenvalue weighted by atomic mass is 10.1. The summed E-state index contributed by atoms with van der Waals surface area (Å²) < 4.78 is 5.76. The van der Waals surface area contributed by atoms with E-state index in [0.29, 0.717) is 25.7 Å². The summed E-state index contributed by atoms with van der Waals surface area (Å²) in [6.45, 7) is 7.31. The van der Waals surface area contributed by atoms with Gasteiger partial charge in [0.05, 0.1) is 6.61 Å². The van der Waals surface area contributed by atoms with Gasteiger partial charge in [0.15, 0.2) is 0 Å². The van der Waals surface area contributed by atoms with E-state index in [1.807, 2.05) is 24.3 Å². The number of aliphatic hydroxyl groups excluding tert-OH is 1. The van der Waals surface area contributed by atoms with Crippen LogP contribution in [-0.4, -0.2) is 42.4 Å². The average Bonchev–Trinajstić information content (AvgIpc) is 2.49. The van der Waals surface area contributed by atoms with Gasteiger partial charge in [0.25, 0.3) is 0 Å². The minimum absolute atomic E-state index is 0.196. The predicted octanol–water partition coefficient (Wildman–Crippen LogP) is 2.01. The van der Waals surface area contributed by atoms with Crippen molar-refractivity contribution in [3.63, 3.8) is 0 Å². The number of benzene rings is 1. The Kier molecular flexibility index (Phi) is 8.26. The summed E-state index contributed by atoms with van der Waals surface area (Å²) >= 11 is 0. The second-order valence-corrected chi connectivity index (χ2v) is 4.93. The van der Waals surface area contributed by atoms with Crippen molar-refractivity contribution in [2.75, 3.05) is 26.3 Å². The zero-order valence-electron chi connectivity index (χ0n) is 12.7. The van der Waals surface area contributed by atoms with Crippen molar-refractivity contribution < 1.29 is 9.84 Å². The SMILES string of the molecule is CCC(CC)N(CCO)CCOc1ccc(CN)cc1. The molecule has 0 fully saturated rings. The molecule has 20 heavy (non-hydrogen) atoms. The third-order valence-corrected chi connectivity index (χ3v) is 3.65. The molecule has 4 nitrogen and oxygen atoms in total. The first-order valence-corrected chi connectivity index (χ1v) is 7.51. The van der Waals surface area contributed by atoms with Crippen molar-refractivity contribution in [1.29, 1.82) is 0 Å². The summed E-state index contributed by atoms with van der Waals surface area (Å²) in [6.07, 6.45) is 2.20. The van der Waals surface area contributed by atoms with Crippen molar-refractivity contribution in [1.82, 2.24) is 4.90 Å². The van der Waals surface area contributed by atoms with E-state index in [1.54, 1.807) is 0 Å². The molecule has 114 valence electrons. The van der Waals surface area contributed by atoms with Crippen LogP contribution in [0.15, 0.2) is 24.3 Å². The third-order valence-electron chi connectivity index (χ3n) is 3.65. The largest absolute Gasteiger partial charge is 0.492 e. The zero-order chi connectivity index (χ0) is 14.8. The van der Waals surface area contributed by atoms with Gasteiger partial charge in [-0.05, 0) is 30.5 Å². The Morgan fingerprint density at radius 2 is 1.80 bits per heavy atom. The Morgan fingerprint density at radius 3 is 2.30 bits per heavy atom. The highest BCUT2D eigenvalue weighted by atomic mass is 16.5. The van der Waals surface area contributed by atoms with Gasteiger partial charge in [-0.1, -0.05) is 26.0 Å². The first-order chi connectivity index (χ1) is 9.74. The molecule has 4 heteroatoms.